The highest BCUT2D eigenvalue weighted by Gasteiger charge is 2.53. The van der Waals surface area contributed by atoms with Crippen LogP contribution in [0.3, 0.4) is 0 Å². The Kier molecular flexibility index (Phi) is 4.00. The van der Waals surface area contributed by atoms with Gasteiger partial charge >= 0.3 is 5.97 Å². The monoisotopic (exact) mass is 354 g/mol. The molecule has 7 unspecified atom stereocenters. The molecule has 0 amide bonds. The van der Waals surface area contributed by atoms with Crippen LogP contribution in [0.2, 0.25) is 0 Å². The lowest BCUT2D eigenvalue weighted by molar-refractivity contribution is -0.134. The van der Waals surface area contributed by atoms with Crippen molar-refractivity contribution in [3.8, 4) is 5.75 Å². The minimum absolute atomic E-state index is 0.154. The van der Waals surface area contributed by atoms with E-state index in [4.69, 9.17) is 4.74 Å². The molecule has 1 saturated carbocycles. The molecule has 6 rings (SSSR count). The average Bonchev–Trinajstić information content (AvgIpc) is 2.98. The SMILES string of the molecule is CCC(=O)Oc1ccc2c(c1)C1CCN3CC4CC(CC)C3C(C4)C1N2. The highest BCUT2D eigenvalue weighted by Crippen LogP contribution is 2.53. The molecule has 0 radical (unpaired) electrons. The summed E-state index contributed by atoms with van der Waals surface area (Å²) in [7, 11) is 0. The molecule has 1 aromatic carbocycles. The van der Waals surface area contributed by atoms with Crippen LogP contribution in [-0.2, 0) is 4.79 Å². The van der Waals surface area contributed by atoms with E-state index >= 15 is 0 Å². The first-order chi connectivity index (χ1) is 12.7. The van der Waals surface area contributed by atoms with Crippen molar-refractivity contribution in [1.29, 1.82) is 0 Å². The molecule has 4 heteroatoms. The van der Waals surface area contributed by atoms with E-state index in [1.807, 2.05) is 13.0 Å². The summed E-state index contributed by atoms with van der Waals surface area (Å²) >= 11 is 0. The van der Waals surface area contributed by atoms with E-state index in [0.29, 0.717) is 24.1 Å². The fourth-order valence-corrected chi connectivity index (χ4v) is 6.48. The third kappa shape index (κ3) is 2.49. The zero-order valence-electron chi connectivity index (χ0n) is 15.9. The van der Waals surface area contributed by atoms with Crippen molar-refractivity contribution in [2.75, 3.05) is 18.4 Å². The molecule has 1 aliphatic carbocycles. The molecule has 4 aliphatic heterocycles. The van der Waals surface area contributed by atoms with Gasteiger partial charge < -0.3 is 10.1 Å². The summed E-state index contributed by atoms with van der Waals surface area (Å²) in [5.74, 6) is 3.63. The molecule has 3 saturated heterocycles. The molecule has 5 aliphatic rings. The maximum atomic E-state index is 11.7. The summed E-state index contributed by atoms with van der Waals surface area (Å²) in [5, 5.41) is 3.89. The number of ether oxygens (including phenoxy) is 1. The maximum Gasteiger partial charge on any atom is 0.310 e. The molecule has 4 bridgehead atoms. The average molecular weight is 354 g/mol. The first-order valence-electron chi connectivity index (χ1n) is 10.5. The lowest BCUT2D eigenvalue weighted by Crippen LogP contribution is -2.59. The molecule has 0 spiro atoms. The van der Waals surface area contributed by atoms with Crippen LogP contribution in [0, 0.1) is 17.8 Å². The highest BCUT2D eigenvalue weighted by atomic mass is 16.5. The normalized spacial score (nSPS) is 39.5. The molecule has 4 heterocycles. The Morgan fingerprint density at radius 2 is 2.19 bits per heavy atom. The van der Waals surface area contributed by atoms with Crippen LogP contribution >= 0.6 is 0 Å². The van der Waals surface area contributed by atoms with Crippen LogP contribution in [0.15, 0.2) is 18.2 Å². The van der Waals surface area contributed by atoms with Crippen LogP contribution in [0.4, 0.5) is 5.69 Å². The Morgan fingerprint density at radius 3 is 3.00 bits per heavy atom. The number of carbonyl (C=O) groups is 1. The largest absolute Gasteiger partial charge is 0.427 e. The molecule has 26 heavy (non-hydrogen) atoms. The molecule has 140 valence electrons. The van der Waals surface area contributed by atoms with Gasteiger partial charge in [0.25, 0.3) is 0 Å². The molecule has 4 fully saturated rings. The van der Waals surface area contributed by atoms with E-state index in [9.17, 15) is 4.79 Å². The van der Waals surface area contributed by atoms with Gasteiger partial charge in [-0.05, 0) is 67.3 Å². The third-order valence-corrected chi connectivity index (χ3v) is 7.49. The van der Waals surface area contributed by atoms with E-state index in [0.717, 1.165) is 23.8 Å². The van der Waals surface area contributed by atoms with Crippen molar-refractivity contribution < 1.29 is 9.53 Å². The second kappa shape index (κ2) is 6.26. The van der Waals surface area contributed by atoms with Gasteiger partial charge in [-0.3, -0.25) is 9.69 Å². The van der Waals surface area contributed by atoms with Gasteiger partial charge in [0.05, 0.1) is 0 Å². The Balaban J connectivity index is 1.46. The van der Waals surface area contributed by atoms with Gasteiger partial charge in [0.2, 0.25) is 0 Å². The lowest BCUT2D eigenvalue weighted by atomic mass is 9.63. The topological polar surface area (TPSA) is 41.6 Å². The predicted octanol–water partition coefficient (Wildman–Crippen LogP) is 4.02. The van der Waals surface area contributed by atoms with E-state index < -0.39 is 0 Å². The number of piperidine rings is 2. The van der Waals surface area contributed by atoms with Crippen LogP contribution in [0.1, 0.15) is 57.4 Å². The summed E-state index contributed by atoms with van der Waals surface area (Å²) in [6.45, 7) is 6.75. The van der Waals surface area contributed by atoms with Crippen LogP contribution in [-0.4, -0.2) is 36.0 Å². The van der Waals surface area contributed by atoms with Crippen LogP contribution < -0.4 is 10.1 Å². The summed E-state index contributed by atoms with van der Waals surface area (Å²) in [4.78, 5) is 14.5. The number of hydrogen-bond donors (Lipinski definition) is 1. The van der Waals surface area contributed by atoms with Gasteiger partial charge in [-0.1, -0.05) is 20.3 Å². The molecular formula is C22H30N2O2. The summed E-state index contributed by atoms with van der Waals surface area (Å²) < 4.78 is 5.49. The molecular weight excluding hydrogens is 324 g/mol. The third-order valence-electron chi connectivity index (χ3n) is 7.49. The first kappa shape index (κ1) is 16.6. The Morgan fingerprint density at radius 1 is 1.31 bits per heavy atom. The smallest absolute Gasteiger partial charge is 0.310 e. The lowest BCUT2D eigenvalue weighted by Gasteiger charge is -2.54. The minimum atomic E-state index is -0.154. The number of carbonyl (C=O) groups excluding carboxylic acids is 1. The molecule has 1 aromatic rings. The summed E-state index contributed by atoms with van der Waals surface area (Å²) in [6.07, 6.45) is 5.77. The number of esters is 1. The number of hydrogen-bond acceptors (Lipinski definition) is 4. The highest BCUT2D eigenvalue weighted by molar-refractivity contribution is 5.73. The summed E-state index contributed by atoms with van der Waals surface area (Å²) in [5.41, 5.74) is 2.63. The van der Waals surface area contributed by atoms with Crippen molar-refractivity contribution in [3.63, 3.8) is 0 Å². The maximum absolute atomic E-state index is 11.7. The quantitative estimate of drug-likeness (QED) is 0.657. The molecule has 0 aromatic heterocycles. The Bertz CT molecular complexity index is 718. The van der Waals surface area contributed by atoms with Gasteiger partial charge in [0.1, 0.15) is 5.75 Å². The van der Waals surface area contributed by atoms with Crippen molar-refractivity contribution in [3.05, 3.63) is 23.8 Å². The number of anilines is 1. The van der Waals surface area contributed by atoms with Crippen molar-refractivity contribution >= 4 is 11.7 Å². The zero-order valence-corrected chi connectivity index (χ0v) is 15.9. The fraction of sp³-hybridized carbons (Fsp3) is 0.682. The number of rotatable bonds is 3. The Hall–Kier alpha value is -1.55. The van der Waals surface area contributed by atoms with E-state index in [1.165, 1.54) is 50.0 Å². The van der Waals surface area contributed by atoms with Crippen molar-refractivity contribution in [2.45, 2.75) is 64.0 Å². The zero-order chi connectivity index (χ0) is 17.8. The van der Waals surface area contributed by atoms with Crippen molar-refractivity contribution in [1.82, 2.24) is 4.90 Å². The fourth-order valence-electron chi connectivity index (χ4n) is 6.48. The standard InChI is InChI=1S/C22H30N2O2/c1-3-14-9-13-10-18-21-16(7-8-24(12-13)22(14)18)17-11-15(26-20(25)4-2)5-6-19(17)23-21/h5-6,11,13-14,16,18,21-23H,3-4,7-10,12H2,1-2H3. The minimum Gasteiger partial charge on any atom is -0.427 e. The van der Waals surface area contributed by atoms with Gasteiger partial charge in [-0.2, -0.15) is 0 Å². The van der Waals surface area contributed by atoms with Crippen molar-refractivity contribution in [2.24, 2.45) is 17.8 Å². The second-order valence-electron chi connectivity index (χ2n) is 8.80. The Labute approximate surface area is 156 Å². The second-order valence-corrected chi connectivity index (χ2v) is 8.80. The van der Waals surface area contributed by atoms with Gasteiger partial charge in [0.15, 0.2) is 0 Å². The van der Waals surface area contributed by atoms with Crippen LogP contribution in [0.25, 0.3) is 0 Å². The first-order valence-corrected chi connectivity index (χ1v) is 10.5. The number of fused-ring (bicyclic) bond motifs is 4. The molecule has 1 N–H and O–H groups in total. The van der Waals surface area contributed by atoms with Gasteiger partial charge in [-0.25, -0.2) is 0 Å². The van der Waals surface area contributed by atoms with E-state index in [-0.39, 0.29) is 5.97 Å². The van der Waals surface area contributed by atoms with E-state index in [2.05, 4.69) is 29.3 Å². The van der Waals surface area contributed by atoms with Gasteiger partial charge in [0, 0.05) is 36.7 Å². The predicted molar refractivity (Wildman–Crippen MR) is 102 cm³/mol. The van der Waals surface area contributed by atoms with E-state index in [1.54, 1.807) is 0 Å². The molecule has 4 nitrogen and oxygen atoms in total. The number of nitrogens with one attached hydrogen (secondary N) is 1. The summed E-state index contributed by atoms with van der Waals surface area (Å²) in [6, 6.07) is 7.51. The van der Waals surface area contributed by atoms with Gasteiger partial charge in [-0.15, -0.1) is 0 Å². The molecule has 7 atom stereocenters. The number of benzene rings is 1. The number of nitrogens with zero attached hydrogens (tertiary/aromatic N) is 1. The van der Waals surface area contributed by atoms with Crippen LogP contribution in [0.5, 0.6) is 5.75 Å².